The van der Waals surface area contributed by atoms with Crippen molar-refractivity contribution in [3.05, 3.63) is 58.1 Å². The highest BCUT2D eigenvalue weighted by molar-refractivity contribution is 14.0. The summed E-state index contributed by atoms with van der Waals surface area (Å²) in [6.07, 6.45) is 1.18. The zero-order valence-corrected chi connectivity index (χ0v) is 18.3. The Labute approximate surface area is 173 Å². The molecule has 25 heavy (non-hydrogen) atoms. The van der Waals surface area contributed by atoms with Crippen molar-refractivity contribution in [2.75, 3.05) is 20.6 Å². The second-order valence-corrected chi connectivity index (χ2v) is 6.53. The third-order valence-corrected chi connectivity index (χ3v) is 4.17. The molecule has 1 aromatic heterocycles. The fourth-order valence-corrected chi connectivity index (χ4v) is 3.02. The van der Waals surface area contributed by atoms with Gasteiger partial charge in [0.15, 0.2) is 5.96 Å². The molecule has 0 bridgehead atoms. The van der Waals surface area contributed by atoms with Crippen molar-refractivity contribution in [3.8, 4) is 0 Å². The van der Waals surface area contributed by atoms with Crippen LogP contribution in [0.3, 0.4) is 0 Å². The van der Waals surface area contributed by atoms with Gasteiger partial charge < -0.3 is 19.9 Å². The molecule has 0 aliphatic rings. The number of rotatable bonds is 5. The molecular weight excluding hydrogens is 502 g/mol. The van der Waals surface area contributed by atoms with Gasteiger partial charge in [0.2, 0.25) is 0 Å². The first-order valence-corrected chi connectivity index (χ1v) is 8.36. The fourth-order valence-electron chi connectivity index (χ4n) is 2.45. The number of aliphatic hydroxyl groups is 1. The lowest BCUT2D eigenvalue weighted by Crippen LogP contribution is -2.40. The summed E-state index contributed by atoms with van der Waals surface area (Å²) in [4.78, 5) is 6.19. The molecule has 0 saturated carbocycles. The standard InChI is InChI=1S/C17H22BrFN4O.HI/c1-20-17(23(3)11-15-8-13(18)10-22(15)2)21-9-16(24)12-5-4-6-14(19)7-12;/h4-8,10,16,24H,9,11H2,1-3H3,(H,20,21);1H. The van der Waals surface area contributed by atoms with Crippen molar-refractivity contribution in [2.45, 2.75) is 12.6 Å². The number of nitrogens with one attached hydrogen (secondary N) is 1. The Bertz CT molecular complexity index is 722. The van der Waals surface area contributed by atoms with E-state index in [0.717, 1.165) is 10.2 Å². The van der Waals surface area contributed by atoms with E-state index < -0.39 is 6.10 Å². The first kappa shape index (κ1) is 21.9. The van der Waals surface area contributed by atoms with E-state index in [2.05, 4.69) is 26.2 Å². The van der Waals surface area contributed by atoms with Gasteiger partial charge in [-0.1, -0.05) is 12.1 Å². The molecule has 1 atom stereocenters. The molecule has 2 aromatic rings. The monoisotopic (exact) mass is 524 g/mol. The molecule has 0 spiro atoms. The lowest BCUT2D eigenvalue weighted by Gasteiger charge is -2.23. The van der Waals surface area contributed by atoms with Crippen LogP contribution < -0.4 is 5.32 Å². The number of aryl methyl sites for hydroxylation is 1. The van der Waals surface area contributed by atoms with Crippen LogP contribution in [0.4, 0.5) is 4.39 Å². The lowest BCUT2D eigenvalue weighted by atomic mass is 10.1. The van der Waals surface area contributed by atoms with Crippen LogP contribution in [-0.4, -0.2) is 41.2 Å². The molecule has 1 unspecified atom stereocenters. The van der Waals surface area contributed by atoms with Gasteiger partial charge in [0.1, 0.15) is 5.82 Å². The Kier molecular flexibility index (Phi) is 8.87. The Hall–Kier alpha value is -1.13. The average molecular weight is 525 g/mol. The second-order valence-electron chi connectivity index (χ2n) is 5.62. The van der Waals surface area contributed by atoms with E-state index in [0.29, 0.717) is 18.1 Å². The van der Waals surface area contributed by atoms with Gasteiger partial charge in [-0.05, 0) is 39.7 Å². The van der Waals surface area contributed by atoms with Crippen LogP contribution in [0, 0.1) is 5.82 Å². The van der Waals surface area contributed by atoms with Crippen molar-refractivity contribution in [3.63, 3.8) is 0 Å². The van der Waals surface area contributed by atoms with Gasteiger partial charge in [-0.25, -0.2) is 4.39 Å². The van der Waals surface area contributed by atoms with Crippen molar-refractivity contribution in [1.29, 1.82) is 0 Å². The second kappa shape index (κ2) is 10.1. The molecule has 138 valence electrons. The van der Waals surface area contributed by atoms with Crippen LogP contribution in [0.15, 0.2) is 46.0 Å². The fraction of sp³-hybridized carbons (Fsp3) is 0.353. The zero-order valence-electron chi connectivity index (χ0n) is 14.4. The predicted octanol–water partition coefficient (Wildman–Crippen LogP) is 3.29. The molecule has 1 aromatic carbocycles. The number of aromatic nitrogens is 1. The molecule has 0 aliphatic heterocycles. The minimum Gasteiger partial charge on any atom is -0.387 e. The van der Waals surface area contributed by atoms with Gasteiger partial charge in [0.05, 0.1) is 12.6 Å². The Morgan fingerprint density at radius 1 is 1.44 bits per heavy atom. The topological polar surface area (TPSA) is 52.8 Å². The quantitative estimate of drug-likeness (QED) is 0.358. The number of halogens is 3. The number of guanidine groups is 1. The molecule has 0 fully saturated rings. The normalized spacial score (nSPS) is 12.5. The predicted molar refractivity (Wildman–Crippen MR) is 113 cm³/mol. The maximum absolute atomic E-state index is 13.2. The van der Waals surface area contributed by atoms with Crippen LogP contribution in [0.1, 0.15) is 17.4 Å². The van der Waals surface area contributed by atoms with Crippen molar-refractivity contribution < 1.29 is 9.50 Å². The molecular formula is C17H23BrFIN4O. The SMILES string of the molecule is CN=C(NCC(O)c1cccc(F)c1)N(C)Cc1cc(Br)cn1C.I. The summed E-state index contributed by atoms with van der Waals surface area (Å²) < 4.78 is 16.3. The van der Waals surface area contributed by atoms with E-state index in [4.69, 9.17) is 0 Å². The molecule has 8 heteroatoms. The zero-order chi connectivity index (χ0) is 17.7. The van der Waals surface area contributed by atoms with E-state index in [1.165, 1.54) is 12.1 Å². The molecule has 5 nitrogen and oxygen atoms in total. The van der Waals surface area contributed by atoms with Crippen LogP contribution in [0.25, 0.3) is 0 Å². The first-order valence-electron chi connectivity index (χ1n) is 7.56. The highest BCUT2D eigenvalue weighted by Crippen LogP contribution is 2.15. The van der Waals surface area contributed by atoms with E-state index in [-0.39, 0.29) is 36.3 Å². The lowest BCUT2D eigenvalue weighted by molar-refractivity contribution is 0.179. The van der Waals surface area contributed by atoms with Gasteiger partial charge >= 0.3 is 0 Å². The van der Waals surface area contributed by atoms with Crippen molar-refractivity contribution >= 4 is 45.9 Å². The number of aliphatic hydroxyl groups excluding tert-OH is 1. The van der Waals surface area contributed by atoms with Gasteiger partial charge in [0.25, 0.3) is 0 Å². The molecule has 2 rings (SSSR count). The van der Waals surface area contributed by atoms with E-state index in [1.54, 1.807) is 19.2 Å². The average Bonchev–Trinajstić information content (AvgIpc) is 2.85. The minimum absolute atomic E-state index is 0. The first-order chi connectivity index (χ1) is 11.4. The maximum atomic E-state index is 13.2. The molecule has 0 saturated heterocycles. The summed E-state index contributed by atoms with van der Waals surface area (Å²) in [5.41, 5.74) is 1.66. The van der Waals surface area contributed by atoms with E-state index >= 15 is 0 Å². The minimum atomic E-state index is -0.810. The Balaban J connectivity index is 0.00000312. The van der Waals surface area contributed by atoms with Gasteiger partial charge in [-0.15, -0.1) is 24.0 Å². The van der Waals surface area contributed by atoms with Gasteiger partial charge in [0, 0.05) is 44.1 Å². The smallest absolute Gasteiger partial charge is 0.193 e. The Morgan fingerprint density at radius 3 is 2.72 bits per heavy atom. The summed E-state index contributed by atoms with van der Waals surface area (Å²) in [6.45, 7) is 0.912. The summed E-state index contributed by atoms with van der Waals surface area (Å²) >= 11 is 3.46. The van der Waals surface area contributed by atoms with Crippen LogP contribution >= 0.6 is 39.9 Å². The molecule has 2 N–H and O–H groups in total. The summed E-state index contributed by atoms with van der Waals surface area (Å²) in [5, 5.41) is 13.3. The van der Waals surface area contributed by atoms with Gasteiger partial charge in [-0.2, -0.15) is 0 Å². The summed E-state index contributed by atoms with van der Waals surface area (Å²) in [7, 11) is 5.59. The summed E-state index contributed by atoms with van der Waals surface area (Å²) in [5.74, 6) is 0.296. The largest absolute Gasteiger partial charge is 0.387 e. The van der Waals surface area contributed by atoms with E-state index in [1.807, 2.05) is 35.8 Å². The highest BCUT2D eigenvalue weighted by Gasteiger charge is 2.13. The number of hydrogen-bond acceptors (Lipinski definition) is 2. The van der Waals surface area contributed by atoms with Crippen molar-refractivity contribution in [2.24, 2.45) is 12.0 Å². The molecule has 0 radical (unpaired) electrons. The van der Waals surface area contributed by atoms with Crippen LogP contribution in [0.2, 0.25) is 0 Å². The number of hydrogen-bond donors (Lipinski definition) is 2. The highest BCUT2D eigenvalue weighted by atomic mass is 127. The molecule has 0 amide bonds. The molecule has 1 heterocycles. The van der Waals surface area contributed by atoms with Crippen LogP contribution in [0.5, 0.6) is 0 Å². The van der Waals surface area contributed by atoms with Gasteiger partial charge in [-0.3, -0.25) is 4.99 Å². The number of nitrogens with zero attached hydrogens (tertiary/aromatic N) is 3. The van der Waals surface area contributed by atoms with Crippen LogP contribution in [-0.2, 0) is 13.6 Å². The Morgan fingerprint density at radius 2 is 2.16 bits per heavy atom. The third kappa shape index (κ3) is 6.27. The summed E-state index contributed by atoms with van der Waals surface area (Å²) in [6, 6.07) is 8.02. The van der Waals surface area contributed by atoms with E-state index in [9.17, 15) is 9.50 Å². The number of aliphatic imine (C=N–C) groups is 1. The number of benzene rings is 1. The molecule has 0 aliphatic carbocycles. The third-order valence-electron chi connectivity index (χ3n) is 3.73. The maximum Gasteiger partial charge on any atom is 0.193 e. The van der Waals surface area contributed by atoms with Crippen molar-refractivity contribution in [1.82, 2.24) is 14.8 Å².